The first-order valence-corrected chi connectivity index (χ1v) is 6.81. The molecule has 0 unspecified atom stereocenters. The van der Waals surface area contributed by atoms with Gasteiger partial charge in [0.05, 0.1) is 5.56 Å². The summed E-state index contributed by atoms with van der Waals surface area (Å²) in [5.74, 6) is -0.326. The summed E-state index contributed by atoms with van der Waals surface area (Å²) in [6.07, 6.45) is -4.56. The van der Waals surface area contributed by atoms with Gasteiger partial charge in [0.25, 0.3) is 0 Å². The fourth-order valence-electron chi connectivity index (χ4n) is 1.91. The van der Waals surface area contributed by atoms with Crippen molar-refractivity contribution in [3.8, 4) is 0 Å². The molecule has 0 aliphatic carbocycles. The van der Waals surface area contributed by atoms with Crippen molar-refractivity contribution in [3.63, 3.8) is 0 Å². The lowest BCUT2D eigenvalue weighted by atomic mass is 10.0. The number of Topliss-reactive ketones (excluding diaryl/α,β-unsaturated/α-hetero) is 1. The van der Waals surface area contributed by atoms with Gasteiger partial charge in [0.1, 0.15) is 0 Å². The van der Waals surface area contributed by atoms with Gasteiger partial charge < -0.3 is 5.73 Å². The molecule has 0 amide bonds. The Morgan fingerprint density at radius 3 is 2.52 bits per heavy atom. The Bertz CT molecular complexity index is 683. The highest BCUT2D eigenvalue weighted by atomic mass is 79.9. The number of hydrogen-bond acceptors (Lipinski definition) is 2. The molecule has 2 N–H and O–H groups in total. The van der Waals surface area contributed by atoms with E-state index in [9.17, 15) is 18.0 Å². The number of carbonyl (C=O) groups excluding carboxylic acids is 1. The lowest BCUT2D eigenvalue weighted by Gasteiger charge is -2.09. The number of nitrogen functional groups attached to an aromatic ring is 1. The van der Waals surface area contributed by atoms with Crippen molar-refractivity contribution in [1.29, 1.82) is 0 Å². The van der Waals surface area contributed by atoms with Gasteiger partial charge in [-0.25, -0.2) is 0 Å². The van der Waals surface area contributed by atoms with Gasteiger partial charge >= 0.3 is 6.18 Å². The van der Waals surface area contributed by atoms with Crippen LogP contribution in [0.15, 0.2) is 46.9 Å². The van der Waals surface area contributed by atoms with Crippen LogP contribution >= 0.6 is 15.9 Å². The van der Waals surface area contributed by atoms with Crippen LogP contribution in [0.4, 0.5) is 18.9 Å². The first-order valence-electron chi connectivity index (χ1n) is 6.02. The van der Waals surface area contributed by atoms with Crippen LogP contribution in [0.1, 0.15) is 21.5 Å². The maximum absolute atomic E-state index is 12.6. The van der Waals surface area contributed by atoms with Gasteiger partial charge in [0.2, 0.25) is 0 Å². The van der Waals surface area contributed by atoms with Crippen LogP contribution in [-0.2, 0) is 12.6 Å². The Morgan fingerprint density at radius 1 is 1.14 bits per heavy atom. The fraction of sp³-hybridized carbons (Fsp3) is 0.133. The topological polar surface area (TPSA) is 43.1 Å². The highest BCUT2D eigenvalue weighted by Crippen LogP contribution is 2.30. The van der Waals surface area contributed by atoms with Gasteiger partial charge in [-0.15, -0.1) is 0 Å². The lowest BCUT2D eigenvalue weighted by Crippen LogP contribution is -2.09. The summed E-state index contributed by atoms with van der Waals surface area (Å²) in [5, 5.41) is 0. The molecule has 0 aromatic heterocycles. The van der Waals surface area contributed by atoms with Crippen molar-refractivity contribution in [3.05, 3.63) is 63.6 Å². The number of hydrogen-bond donors (Lipinski definition) is 1. The molecular formula is C15H11BrF3NO. The second-order valence-corrected chi connectivity index (χ2v) is 5.45. The molecule has 0 radical (unpaired) electrons. The Hall–Kier alpha value is -1.82. The summed E-state index contributed by atoms with van der Waals surface area (Å²) in [5.41, 5.74) is 5.85. The van der Waals surface area contributed by atoms with E-state index < -0.39 is 11.7 Å². The second kappa shape index (κ2) is 5.89. The number of halogens is 4. The van der Waals surface area contributed by atoms with Crippen LogP contribution in [0.5, 0.6) is 0 Å². The number of carbonyl (C=O) groups is 1. The van der Waals surface area contributed by atoms with Gasteiger partial charge in [0.15, 0.2) is 5.78 Å². The average Bonchev–Trinajstić information content (AvgIpc) is 2.41. The lowest BCUT2D eigenvalue weighted by molar-refractivity contribution is -0.137. The normalized spacial score (nSPS) is 11.4. The minimum atomic E-state index is -4.42. The molecular weight excluding hydrogens is 347 g/mol. The van der Waals surface area contributed by atoms with E-state index in [1.54, 1.807) is 18.2 Å². The summed E-state index contributed by atoms with van der Waals surface area (Å²) in [7, 11) is 0. The van der Waals surface area contributed by atoms with Gasteiger partial charge in [-0.2, -0.15) is 13.2 Å². The fourth-order valence-corrected chi connectivity index (χ4v) is 2.27. The standard InChI is InChI=1S/C15H11BrF3NO/c16-11-4-5-13(20)12(8-11)14(21)7-9-2-1-3-10(6-9)15(17,18)19/h1-6,8H,7,20H2. The van der Waals surface area contributed by atoms with E-state index in [0.29, 0.717) is 21.3 Å². The molecule has 6 heteroatoms. The van der Waals surface area contributed by atoms with E-state index in [2.05, 4.69) is 15.9 Å². The molecule has 0 fully saturated rings. The van der Waals surface area contributed by atoms with Crippen molar-refractivity contribution < 1.29 is 18.0 Å². The van der Waals surface area contributed by atoms with E-state index in [-0.39, 0.29) is 12.2 Å². The van der Waals surface area contributed by atoms with Crippen molar-refractivity contribution in [1.82, 2.24) is 0 Å². The first-order chi connectivity index (χ1) is 9.77. The average molecular weight is 358 g/mol. The molecule has 21 heavy (non-hydrogen) atoms. The van der Waals surface area contributed by atoms with Gasteiger partial charge in [-0.05, 0) is 29.8 Å². The zero-order chi connectivity index (χ0) is 15.6. The summed E-state index contributed by atoms with van der Waals surface area (Å²) in [6.45, 7) is 0. The third-order valence-electron chi connectivity index (χ3n) is 2.93. The Morgan fingerprint density at radius 2 is 1.86 bits per heavy atom. The molecule has 2 nitrogen and oxygen atoms in total. The number of nitrogens with two attached hydrogens (primary N) is 1. The third-order valence-corrected chi connectivity index (χ3v) is 3.43. The van der Waals surface area contributed by atoms with Gasteiger partial charge in [-0.1, -0.05) is 34.1 Å². The summed E-state index contributed by atoms with van der Waals surface area (Å²) in [4.78, 5) is 12.2. The monoisotopic (exact) mass is 357 g/mol. The summed E-state index contributed by atoms with van der Waals surface area (Å²) < 4.78 is 38.6. The summed E-state index contributed by atoms with van der Waals surface area (Å²) >= 11 is 3.23. The number of ketones is 1. The maximum atomic E-state index is 12.6. The smallest absolute Gasteiger partial charge is 0.398 e. The molecule has 2 rings (SSSR count). The molecule has 0 heterocycles. The first kappa shape index (κ1) is 15.6. The van der Waals surface area contributed by atoms with Gasteiger partial charge in [-0.3, -0.25) is 4.79 Å². The van der Waals surface area contributed by atoms with Crippen molar-refractivity contribution in [2.75, 3.05) is 5.73 Å². The minimum absolute atomic E-state index is 0.134. The SMILES string of the molecule is Nc1ccc(Br)cc1C(=O)Cc1cccc(C(F)(F)F)c1. The molecule has 0 aliphatic rings. The third kappa shape index (κ3) is 3.85. The van der Waals surface area contributed by atoms with Crippen LogP contribution in [0.25, 0.3) is 0 Å². The number of benzene rings is 2. The van der Waals surface area contributed by atoms with Crippen molar-refractivity contribution >= 4 is 27.4 Å². The van der Waals surface area contributed by atoms with E-state index in [1.165, 1.54) is 12.1 Å². The van der Waals surface area contributed by atoms with Crippen LogP contribution in [0.3, 0.4) is 0 Å². The molecule has 0 atom stereocenters. The quantitative estimate of drug-likeness (QED) is 0.650. The Balaban J connectivity index is 2.26. The largest absolute Gasteiger partial charge is 0.416 e. The Labute approximate surface area is 127 Å². The molecule has 110 valence electrons. The zero-order valence-electron chi connectivity index (χ0n) is 10.7. The predicted octanol–water partition coefficient (Wildman–Crippen LogP) is 4.48. The van der Waals surface area contributed by atoms with E-state index >= 15 is 0 Å². The molecule has 2 aromatic rings. The molecule has 2 aromatic carbocycles. The molecule has 0 saturated carbocycles. The van der Waals surface area contributed by atoms with Crippen LogP contribution in [-0.4, -0.2) is 5.78 Å². The van der Waals surface area contributed by atoms with Gasteiger partial charge in [0, 0.05) is 22.1 Å². The molecule has 0 aliphatic heterocycles. The maximum Gasteiger partial charge on any atom is 0.416 e. The molecule has 0 saturated heterocycles. The molecule has 0 bridgehead atoms. The number of alkyl halides is 3. The van der Waals surface area contributed by atoms with E-state index in [4.69, 9.17) is 5.73 Å². The van der Waals surface area contributed by atoms with Crippen LogP contribution < -0.4 is 5.73 Å². The predicted molar refractivity (Wildman–Crippen MR) is 78.0 cm³/mol. The number of anilines is 1. The van der Waals surface area contributed by atoms with Crippen LogP contribution in [0, 0.1) is 0 Å². The van der Waals surface area contributed by atoms with Crippen LogP contribution in [0.2, 0.25) is 0 Å². The summed E-state index contributed by atoms with van der Waals surface area (Å²) in [6, 6.07) is 9.55. The number of rotatable bonds is 3. The Kier molecular flexibility index (Phi) is 4.37. The molecule has 0 spiro atoms. The minimum Gasteiger partial charge on any atom is -0.398 e. The van der Waals surface area contributed by atoms with Crippen molar-refractivity contribution in [2.24, 2.45) is 0 Å². The van der Waals surface area contributed by atoms with Crippen molar-refractivity contribution in [2.45, 2.75) is 12.6 Å². The zero-order valence-corrected chi connectivity index (χ0v) is 12.3. The highest BCUT2D eigenvalue weighted by Gasteiger charge is 2.30. The van der Waals surface area contributed by atoms with E-state index in [0.717, 1.165) is 12.1 Å². The van der Waals surface area contributed by atoms with E-state index in [1.807, 2.05) is 0 Å². The highest BCUT2D eigenvalue weighted by molar-refractivity contribution is 9.10. The second-order valence-electron chi connectivity index (χ2n) is 4.53.